The number of carbonyl (C=O) groups excluding carboxylic acids is 3. The number of terminal acetylenes is 1. The van der Waals surface area contributed by atoms with Crippen molar-refractivity contribution in [2.45, 2.75) is 38.0 Å². The molecular formula is C34H38N8O3S. The molecular weight excluding hydrogens is 600 g/mol. The van der Waals surface area contributed by atoms with Gasteiger partial charge in [0.05, 0.1) is 29.9 Å². The zero-order valence-corrected chi connectivity index (χ0v) is 26.9. The minimum atomic E-state index is -0.769. The van der Waals surface area contributed by atoms with Crippen LogP contribution in [0.4, 0.5) is 15.6 Å². The van der Waals surface area contributed by atoms with E-state index in [4.69, 9.17) is 12.2 Å². The molecule has 238 valence electrons. The Morgan fingerprint density at radius 1 is 1.17 bits per heavy atom. The first-order chi connectivity index (χ1) is 22.2. The summed E-state index contributed by atoms with van der Waals surface area (Å²) in [6.45, 7) is 0.726. The molecule has 4 amide bonds. The van der Waals surface area contributed by atoms with E-state index in [2.05, 4.69) is 28.4 Å². The van der Waals surface area contributed by atoms with E-state index in [-0.39, 0.29) is 38.0 Å². The van der Waals surface area contributed by atoms with Crippen LogP contribution in [-0.4, -0.2) is 95.1 Å². The second kappa shape index (κ2) is 13.2. The van der Waals surface area contributed by atoms with Gasteiger partial charge in [0, 0.05) is 39.3 Å². The number of hydrazine groups is 1. The molecule has 2 aromatic carbocycles. The normalized spacial score (nSPS) is 19.6. The van der Waals surface area contributed by atoms with Gasteiger partial charge in [-0.15, -0.1) is 6.42 Å². The molecule has 6 rings (SSSR count). The van der Waals surface area contributed by atoms with Crippen LogP contribution in [0.5, 0.6) is 0 Å². The molecule has 3 aliphatic rings. The predicted molar refractivity (Wildman–Crippen MR) is 180 cm³/mol. The quantitative estimate of drug-likeness (QED) is 0.346. The van der Waals surface area contributed by atoms with Gasteiger partial charge in [0.25, 0.3) is 0 Å². The molecule has 46 heavy (non-hydrogen) atoms. The van der Waals surface area contributed by atoms with Crippen LogP contribution in [0.3, 0.4) is 0 Å². The average molecular weight is 639 g/mol. The van der Waals surface area contributed by atoms with Crippen molar-refractivity contribution in [1.82, 2.24) is 30.1 Å². The topological polar surface area (TPSA) is 118 Å². The van der Waals surface area contributed by atoms with Crippen molar-refractivity contribution in [2.24, 2.45) is 0 Å². The molecule has 3 heterocycles. The number of thiazole rings is 1. The number of benzene rings is 2. The summed E-state index contributed by atoms with van der Waals surface area (Å²) in [7, 11) is 3.94. The molecule has 0 spiro atoms. The fraction of sp³-hybridized carbons (Fsp3) is 0.353. The van der Waals surface area contributed by atoms with Crippen molar-refractivity contribution in [2.75, 3.05) is 50.9 Å². The maximum atomic E-state index is 14.3. The summed E-state index contributed by atoms with van der Waals surface area (Å²) in [4.78, 5) is 51.5. The Labute approximate surface area is 272 Å². The van der Waals surface area contributed by atoms with Crippen LogP contribution in [0.1, 0.15) is 24.0 Å². The van der Waals surface area contributed by atoms with E-state index in [1.807, 2.05) is 67.5 Å². The molecule has 3 aromatic rings. The highest BCUT2D eigenvalue weighted by molar-refractivity contribution is 7.22. The standard InChI is InChI=1S/C34H38N8O3S/c1-4-17-40(34(45)36-19-24-9-6-5-7-10-24)41-22-30(43)42-27(18-23-13-15-26(16-14-23)38(2)3)32(44)39(21-29(41)42)20-25-11-8-12-28-31(25)37-33(35)46-28/h1,6,8-16,27,29H,5,7,17-22H2,2-3H3,(H2,35,37)(H,36,45)/t27-,29+/m0/s1. The van der Waals surface area contributed by atoms with Crippen molar-refractivity contribution >= 4 is 50.2 Å². The second-order valence-corrected chi connectivity index (χ2v) is 12.9. The van der Waals surface area contributed by atoms with Crippen LogP contribution in [-0.2, 0) is 22.6 Å². The highest BCUT2D eigenvalue weighted by Gasteiger charge is 2.52. The van der Waals surface area contributed by atoms with Gasteiger partial charge in [-0.1, -0.05) is 59.8 Å². The number of amides is 4. The van der Waals surface area contributed by atoms with Crippen molar-refractivity contribution in [3.63, 3.8) is 0 Å². The third-order valence-electron chi connectivity index (χ3n) is 8.63. The molecule has 1 aromatic heterocycles. The third kappa shape index (κ3) is 6.29. The molecule has 0 radical (unpaired) electrons. The number of piperazine rings is 1. The Balaban J connectivity index is 1.31. The van der Waals surface area contributed by atoms with E-state index in [0.717, 1.165) is 45.4 Å². The number of nitrogens with one attached hydrogen (secondary N) is 1. The number of hydrogen-bond donors (Lipinski definition) is 2. The van der Waals surface area contributed by atoms with Gasteiger partial charge in [0.2, 0.25) is 11.8 Å². The van der Waals surface area contributed by atoms with Gasteiger partial charge in [-0.05, 0) is 47.7 Å². The molecule has 0 unspecified atom stereocenters. The fourth-order valence-corrected chi connectivity index (χ4v) is 7.12. The summed E-state index contributed by atoms with van der Waals surface area (Å²) < 4.78 is 0.941. The van der Waals surface area contributed by atoms with Gasteiger partial charge in [-0.3, -0.25) is 9.59 Å². The van der Waals surface area contributed by atoms with Crippen molar-refractivity contribution < 1.29 is 14.4 Å². The largest absolute Gasteiger partial charge is 0.378 e. The van der Waals surface area contributed by atoms with Crippen molar-refractivity contribution in [3.8, 4) is 12.3 Å². The highest BCUT2D eigenvalue weighted by atomic mass is 32.1. The summed E-state index contributed by atoms with van der Waals surface area (Å²) in [6, 6.07) is 12.6. The molecule has 1 aliphatic carbocycles. The summed E-state index contributed by atoms with van der Waals surface area (Å²) in [5, 5.41) is 6.57. The number of para-hydroxylation sites is 1. The lowest BCUT2D eigenvalue weighted by atomic mass is 9.99. The number of nitrogens with zero attached hydrogens (tertiary/aromatic N) is 6. The number of nitrogen functional groups attached to an aromatic ring is 1. The maximum absolute atomic E-state index is 14.3. The predicted octanol–water partition coefficient (Wildman–Crippen LogP) is 3.20. The number of nitrogens with two attached hydrogens (primary N) is 1. The first kappa shape index (κ1) is 31.1. The van der Waals surface area contributed by atoms with Crippen molar-refractivity contribution in [3.05, 3.63) is 77.4 Å². The summed E-state index contributed by atoms with van der Waals surface area (Å²) in [5.74, 6) is 2.20. The van der Waals surface area contributed by atoms with Crippen molar-refractivity contribution in [1.29, 1.82) is 0 Å². The Hall–Kier alpha value is -4.86. The molecule has 0 saturated carbocycles. The molecule has 2 aliphatic heterocycles. The third-order valence-corrected chi connectivity index (χ3v) is 9.48. The van der Waals surface area contributed by atoms with Crippen LogP contribution < -0.4 is 16.0 Å². The van der Waals surface area contributed by atoms with Crippen LogP contribution in [0, 0.1) is 12.3 Å². The summed E-state index contributed by atoms with van der Waals surface area (Å²) >= 11 is 1.40. The van der Waals surface area contributed by atoms with Crippen LogP contribution in [0.2, 0.25) is 0 Å². The van der Waals surface area contributed by atoms with Gasteiger partial charge in [-0.25, -0.2) is 14.8 Å². The van der Waals surface area contributed by atoms with Gasteiger partial charge >= 0.3 is 6.03 Å². The lowest BCUT2D eigenvalue weighted by molar-refractivity contribution is -0.157. The Bertz CT molecular complexity index is 1740. The number of aromatic nitrogens is 1. The highest BCUT2D eigenvalue weighted by Crippen LogP contribution is 2.32. The monoisotopic (exact) mass is 638 g/mol. The number of allylic oxidation sites excluding steroid dienone is 2. The maximum Gasteiger partial charge on any atom is 0.333 e. The number of carbonyl (C=O) groups is 3. The zero-order chi connectivity index (χ0) is 32.4. The minimum absolute atomic E-state index is 0.0274. The first-order valence-electron chi connectivity index (χ1n) is 15.3. The lowest BCUT2D eigenvalue weighted by Gasteiger charge is -2.46. The van der Waals surface area contributed by atoms with Gasteiger partial charge in [-0.2, -0.15) is 5.01 Å². The summed E-state index contributed by atoms with van der Waals surface area (Å²) in [6.07, 6.45) is 13.6. The number of hydrogen-bond acceptors (Lipinski definition) is 8. The van der Waals surface area contributed by atoms with Crippen LogP contribution in [0.15, 0.2) is 66.3 Å². The van der Waals surface area contributed by atoms with E-state index < -0.39 is 18.2 Å². The van der Waals surface area contributed by atoms with E-state index in [9.17, 15) is 14.4 Å². The van der Waals surface area contributed by atoms with E-state index in [1.165, 1.54) is 16.3 Å². The van der Waals surface area contributed by atoms with Gasteiger partial charge in [0.1, 0.15) is 12.2 Å². The van der Waals surface area contributed by atoms with Crippen LogP contribution in [0.25, 0.3) is 10.2 Å². The molecule has 2 saturated heterocycles. The Kier molecular flexibility index (Phi) is 8.96. The van der Waals surface area contributed by atoms with E-state index in [1.54, 1.807) is 14.8 Å². The van der Waals surface area contributed by atoms with Crippen LogP contribution >= 0.6 is 11.3 Å². The molecule has 12 heteroatoms. The molecule has 2 atom stereocenters. The minimum Gasteiger partial charge on any atom is -0.378 e. The Morgan fingerprint density at radius 3 is 2.70 bits per heavy atom. The smallest absolute Gasteiger partial charge is 0.333 e. The van der Waals surface area contributed by atoms with E-state index in [0.29, 0.717) is 18.1 Å². The zero-order valence-electron chi connectivity index (χ0n) is 26.1. The number of urea groups is 1. The van der Waals surface area contributed by atoms with Gasteiger partial charge in [0.15, 0.2) is 5.13 Å². The molecule has 0 bridgehead atoms. The number of fused-ring (bicyclic) bond motifs is 2. The first-order valence-corrected chi connectivity index (χ1v) is 16.2. The fourth-order valence-electron chi connectivity index (χ4n) is 6.33. The number of anilines is 2. The summed E-state index contributed by atoms with van der Waals surface area (Å²) in [5.41, 5.74) is 10.6. The molecule has 3 N–H and O–H groups in total. The molecule has 2 fully saturated rings. The average Bonchev–Trinajstić information content (AvgIpc) is 3.60. The lowest BCUT2D eigenvalue weighted by Crippen LogP contribution is -2.66. The SMILES string of the molecule is C#CCN(C(=O)NCC1=CCCC=C1)N1CC(=O)N2[C@@H](Cc3ccc(N(C)C)cc3)C(=O)N(Cc3cccc4sc(N)nc34)C[C@@H]21. The molecule has 11 nitrogen and oxygen atoms in total. The van der Waals surface area contributed by atoms with Gasteiger partial charge < -0.3 is 25.8 Å². The second-order valence-electron chi connectivity index (χ2n) is 11.9. The Morgan fingerprint density at radius 2 is 1.98 bits per heavy atom. The van der Waals surface area contributed by atoms with E-state index >= 15 is 0 Å². The number of rotatable bonds is 9.